The number of hydrogen-bond donors (Lipinski definition) is 1. The van der Waals surface area contributed by atoms with Crippen LogP contribution in [0.5, 0.6) is 0 Å². The highest BCUT2D eigenvalue weighted by molar-refractivity contribution is 6.35. The standard InChI is InChI=1S/C19H24ClN5O.C3H8.C2H6.CHN/c1-4-6-14-7-8-15(20)16-17(14)25-11-5-10-24(19(25)23-16)12-9-21-18(26)22-13(2)3;1-3-2;2*1-2/h7-9H,2,4-6,10-12H2,1,3H3,(H,22,26);3H2,1-2H3;1-2H3;1H/b21-9-;;;. The van der Waals surface area contributed by atoms with Crippen LogP contribution in [0.1, 0.15) is 66.4 Å². The number of carbonyl (C=O) groups is 1. The predicted octanol–water partition coefficient (Wildman–Crippen LogP) is 6.75. The minimum absolute atomic E-state index is 0.406. The summed E-state index contributed by atoms with van der Waals surface area (Å²) < 4.78 is 2.25. The van der Waals surface area contributed by atoms with Gasteiger partial charge in [-0.1, -0.05) is 71.7 Å². The molecule has 2 aromatic rings. The first-order valence-electron chi connectivity index (χ1n) is 11.6. The van der Waals surface area contributed by atoms with Crippen molar-refractivity contribution in [1.82, 2.24) is 14.9 Å². The molecule has 0 bridgehead atoms. The maximum atomic E-state index is 11.6. The third-order valence-corrected chi connectivity index (χ3v) is 4.66. The number of aromatic nitrogens is 2. The van der Waals surface area contributed by atoms with E-state index in [4.69, 9.17) is 21.8 Å². The van der Waals surface area contributed by atoms with Crippen molar-refractivity contribution in [3.8, 4) is 6.57 Å². The van der Waals surface area contributed by atoms with E-state index in [-0.39, 0.29) is 0 Å². The fraction of sp³-hybridized carbons (Fsp3) is 0.520. The average molecular weight is 475 g/mol. The molecule has 8 heteroatoms. The second kappa shape index (κ2) is 16.7. The molecule has 1 aliphatic heterocycles. The van der Waals surface area contributed by atoms with Crippen LogP contribution in [-0.2, 0) is 13.0 Å². The number of aryl methyl sites for hydroxylation is 2. The summed E-state index contributed by atoms with van der Waals surface area (Å²) in [4.78, 5) is 22.5. The summed E-state index contributed by atoms with van der Waals surface area (Å²) in [5, 5.41) is 9.74. The van der Waals surface area contributed by atoms with E-state index in [9.17, 15) is 4.79 Å². The second-order valence-corrected chi connectivity index (χ2v) is 7.65. The molecule has 0 fully saturated rings. The van der Waals surface area contributed by atoms with Crippen molar-refractivity contribution in [3.63, 3.8) is 0 Å². The van der Waals surface area contributed by atoms with Crippen LogP contribution in [0, 0.1) is 11.8 Å². The molecule has 2 heterocycles. The number of nitrogens with zero attached hydrogens (tertiary/aromatic N) is 5. The molecule has 7 nitrogen and oxygen atoms in total. The van der Waals surface area contributed by atoms with E-state index < -0.39 is 6.03 Å². The van der Waals surface area contributed by atoms with E-state index in [1.165, 1.54) is 12.0 Å². The zero-order valence-corrected chi connectivity index (χ0v) is 21.7. The molecule has 0 saturated carbocycles. The molecular weight excluding hydrogens is 436 g/mol. The summed E-state index contributed by atoms with van der Waals surface area (Å²) in [6, 6.07) is 3.63. The van der Waals surface area contributed by atoms with Crippen molar-refractivity contribution in [3.05, 3.63) is 35.0 Å². The molecule has 0 unspecified atom stereocenters. The molecule has 33 heavy (non-hydrogen) atoms. The highest BCUT2D eigenvalue weighted by Gasteiger charge is 2.23. The van der Waals surface area contributed by atoms with Gasteiger partial charge in [0.15, 0.2) is 0 Å². The van der Waals surface area contributed by atoms with Crippen LogP contribution in [0.25, 0.3) is 11.0 Å². The number of amides is 2. The van der Waals surface area contributed by atoms with Crippen molar-refractivity contribution in [1.29, 1.82) is 5.26 Å². The normalized spacial score (nSPS) is 11.8. The number of urea groups is 1. The van der Waals surface area contributed by atoms with Crippen LogP contribution in [0.4, 0.5) is 10.7 Å². The summed E-state index contributed by atoms with van der Waals surface area (Å²) in [5.41, 5.74) is 3.85. The number of allylic oxidation sites excluding steroid dienone is 1. The number of rotatable bonds is 5. The van der Waals surface area contributed by atoms with Gasteiger partial charge in [-0.05, 0) is 31.4 Å². The van der Waals surface area contributed by atoms with E-state index in [0.29, 0.717) is 17.3 Å². The third kappa shape index (κ3) is 8.89. The first-order valence-corrected chi connectivity index (χ1v) is 12.0. The van der Waals surface area contributed by atoms with Crippen LogP contribution in [0.2, 0.25) is 5.02 Å². The lowest BCUT2D eigenvalue weighted by atomic mass is 10.1. The Hall–Kier alpha value is -2.85. The van der Waals surface area contributed by atoms with Gasteiger partial charge in [-0.15, -0.1) is 0 Å². The predicted molar refractivity (Wildman–Crippen MR) is 141 cm³/mol. The Balaban J connectivity index is 0.00000132. The Bertz CT molecular complexity index is 932. The zero-order valence-electron chi connectivity index (χ0n) is 21.0. The highest BCUT2D eigenvalue weighted by atomic mass is 35.5. The van der Waals surface area contributed by atoms with Gasteiger partial charge in [0.1, 0.15) is 5.52 Å². The maximum Gasteiger partial charge on any atom is 0.344 e. The van der Waals surface area contributed by atoms with Crippen molar-refractivity contribution < 1.29 is 4.79 Å². The quantitative estimate of drug-likeness (QED) is 0.485. The Morgan fingerprint density at radius 3 is 2.52 bits per heavy atom. The number of halogens is 1. The molecular formula is C25H39ClN6O. The number of fused-ring (bicyclic) bond motifs is 3. The Morgan fingerprint density at radius 2 is 1.94 bits per heavy atom. The molecule has 0 atom stereocenters. The molecule has 0 aliphatic carbocycles. The van der Waals surface area contributed by atoms with Gasteiger partial charge in [-0.2, -0.15) is 0 Å². The van der Waals surface area contributed by atoms with Crippen LogP contribution in [-0.4, -0.2) is 34.9 Å². The van der Waals surface area contributed by atoms with Crippen LogP contribution in [0.15, 0.2) is 29.4 Å². The fourth-order valence-corrected chi connectivity index (χ4v) is 3.51. The SMILES string of the molecule is C#N.C=C(C)NC(=O)/N=C\CN1CCCn2c1nc1c(Cl)ccc(CCC)c12.CC.CCC. The number of carbonyl (C=O) groups excluding carboxylic acids is 1. The van der Waals surface area contributed by atoms with Gasteiger partial charge in [-0.3, -0.25) is 0 Å². The molecule has 1 aromatic carbocycles. The first-order chi connectivity index (χ1) is 15.9. The topological polar surface area (TPSA) is 86.3 Å². The van der Waals surface area contributed by atoms with Gasteiger partial charge in [0, 0.05) is 31.6 Å². The third-order valence-electron chi connectivity index (χ3n) is 4.35. The van der Waals surface area contributed by atoms with Crippen LogP contribution < -0.4 is 10.2 Å². The number of benzene rings is 1. The highest BCUT2D eigenvalue weighted by Crippen LogP contribution is 2.33. The lowest BCUT2D eigenvalue weighted by Gasteiger charge is -2.28. The van der Waals surface area contributed by atoms with Crippen LogP contribution in [0.3, 0.4) is 0 Å². The number of nitrogens with one attached hydrogen (secondary N) is 1. The van der Waals surface area contributed by atoms with Gasteiger partial charge >= 0.3 is 6.03 Å². The lowest BCUT2D eigenvalue weighted by molar-refractivity contribution is 0.251. The fourth-order valence-electron chi connectivity index (χ4n) is 3.32. The molecule has 1 N–H and O–H groups in total. The molecule has 1 aromatic heterocycles. The monoisotopic (exact) mass is 474 g/mol. The maximum absolute atomic E-state index is 11.6. The molecule has 0 saturated heterocycles. The minimum Gasteiger partial charge on any atom is -0.337 e. The first kappa shape index (κ1) is 30.2. The average Bonchev–Trinajstić information content (AvgIpc) is 3.20. The minimum atomic E-state index is -0.406. The van der Waals surface area contributed by atoms with Crippen molar-refractivity contribution >= 4 is 40.8 Å². The Morgan fingerprint density at radius 1 is 1.30 bits per heavy atom. The van der Waals surface area contributed by atoms with Gasteiger partial charge in [0.05, 0.1) is 17.1 Å². The second-order valence-electron chi connectivity index (χ2n) is 7.25. The zero-order chi connectivity index (χ0) is 25.4. The van der Waals surface area contributed by atoms with E-state index in [1.807, 2.05) is 19.9 Å². The van der Waals surface area contributed by atoms with Gasteiger partial charge in [0.25, 0.3) is 0 Å². The molecule has 0 spiro atoms. The Kier molecular flexibility index (Phi) is 15.3. The van der Waals surface area contributed by atoms with E-state index in [1.54, 1.807) is 13.1 Å². The van der Waals surface area contributed by atoms with E-state index in [0.717, 1.165) is 49.3 Å². The van der Waals surface area contributed by atoms with Crippen molar-refractivity contribution in [2.24, 2.45) is 4.99 Å². The molecule has 182 valence electrons. The number of nitriles is 1. The molecule has 2 amide bonds. The van der Waals surface area contributed by atoms with Crippen molar-refractivity contribution in [2.75, 3.05) is 18.0 Å². The van der Waals surface area contributed by atoms with Crippen molar-refractivity contribution in [2.45, 2.75) is 73.8 Å². The summed E-state index contributed by atoms with van der Waals surface area (Å²) in [5.74, 6) is 0.892. The molecule has 1 aliphatic rings. The van der Waals surface area contributed by atoms with E-state index in [2.05, 4.69) is 59.8 Å². The van der Waals surface area contributed by atoms with Crippen LogP contribution >= 0.6 is 11.6 Å². The Labute approximate surface area is 204 Å². The molecule has 3 rings (SSSR count). The van der Waals surface area contributed by atoms with Gasteiger partial charge < -0.3 is 14.8 Å². The van der Waals surface area contributed by atoms with Gasteiger partial charge in [-0.25, -0.2) is 20.0 Å². The number of anilines is 1. The number of hydrogen-bond acceptors (Lipinski definition) is 4. The largest absolute Gasteiger partial charge is 0.344 e. The van der Waals surface area contributed by atoms with Gasteiger partial charge in [0.2, 0.25) is 5.95 Å². The smallest absolute Gasteiger partial charge is 0.337 e. The van der Waals surface area contributed by atoms with E-state index >= 15 is 0 Å². The summed E-state index contributed by atoms with van der Waals surface area (Å²) in [7, 11) is 0. The summed E-state index contributed by atoms with van der Waals surface area (Å²) in [6.45, 7) is 21.6. The lowest BCUT2D eigenvalue weighted by Crippen LogP contribution is -2.34. The molecule has 0 radical (unpaired) electrons. The summed E-state index contributed by atoms with van der Waals surface area (Å²) in [6.07, 6.45) is 5.96. The number of imidazole rings is 1. The number of aliphatic imine (C=N–C) groups is 1. The summed E-state index contributed by atoms with van der Waals surface area (Å²) >= 11 is 6.41.